The predicted octanol–water partition coefficient (Wildman–Crippen LogP) is 3.70. The van der Waals surface area contributed by atoms with Gasteiger partial charge in [-0.1, -0.05) is 31.5 Å². The topological polar surface area (TPSA) is 96.3 Å². The lowest BCUT2D eigenvalue weighted by atomic mass is 9.70. The first-order chi connectivity index (χ1) is 15.6. The Bertz CT molecular complexity index is 881. The maximum absolute atomic E-state index is 13.5. The molecule has 8 heteroatoms. The largest absolute Gasteiger partial charge is 0.501 e. The number of hydrogen-bond acceptors (Lipinski definition) is 5. The standard InChI is InChI=1S/C25H34ClNO6/c1-14-7-15(2)13-27(12-14)23(29)11-19(18-8-16(25(30)31)5-6-20(18)26)24-21(28)9-17(32-3)10-22(24)33-4/h5-6,9-10,14-15,18-19,21,24,28H,7-8,11-13H2,1-4H3,(H,30,31)/t14-,15+,18?,19?,21?,24?. The highest BCUT2D eigenvalue weighted by Crippen LogP contribution is 2.44. The Balaban J connectivity index is 1.95. The number of allylic oxidation sites excluding steroid dienone is 4. The SMILES string of the molecule is COC1=CC(O)C(C(CC(=O)N2C[C@H](C)C[C@H](C)C2)C2CC(C(=O)O)=CC=C2Cl)C(OC)=C1. The van der Waals surface area contributed by atoms with Gasteiger partial charge in [-0.3, -0.25) is 4.79 Å². The van der Waals surface area contributed by atoms with Crippen LogP contribution in [0.4, 0.5) is 0 Å². The smallest absolute Gasteiger partial charge is 0.331 e. The molecule has 1 aliphatic heterocycles. The number of aliphatic carboxylic acids is 1. The molecule has 1 fully saturated rings. The Morgan fingerprint density at radius 2 is 1.85 bits per heavy atom. The van der Waals surface area contributed by atoms with E-state index in [4.69, 9.17) is 21.1 Å². The van der Waals surface area contributed by atoms with Crippen molar-refractivity contribution in [2.45, 2.75) is 39.2 Å². The van der Waals surface area contributed by atoms with Crippen molar-refractivity contribution >= 4 is 23.5 Å². The van der Waals surface area contributed by atoms with Crippen LogP contribution >= 0.6 is 11.6 Å². The molecule has 0 bridgehead atoms. The number of carbonyl (C=O) groups is 2. The summed E-state index contributed by atoms with van der Waals surface area (Å²) in [6.45, 7) is 5.67. The third kappa shape index (κ3) is 5.82. The van der Waals surface area contributed by atoms with Gasteiger partial charge in [0.2, 0.25) is 5.91 Å². The molecule has 1 amide bonds. The molecular formula is C25H34ClNO6. The molecule has 33 heavy (non-hydrogen) atoms. The molecule has 0 radical (unpaired) electrons. The second kappa shape index (κ2) is 10.8. The van der Waals surface area contributed by atoms with Crippen molar-refractivity contribution in [3.05, 3.63) is 46.4 Å². The van der Waals surface area contributed by atoms with Crippen LogP contribution in [0.25, 0.3) is 0 Å². The van der Waals surface area contributed by atoms with Gasteiger partial charge in [-0.05, 0) is 42.7 Å². The number of piperidine rings is 1. The van der Waals surface area contributed by atoms with E-state index in [1.807, 2.05) is 4.90 Å². The van der Waals surface area contributed by atoms with Gasteiger partial charge in [-0.15, -0.1) is 0 Å². The molecule has 1 heterocycles. The molecule has 2 N–H and O–H groups in total. The van der Waals surface area contributed by atoms with Gasteiger partial charge >= 0.3 is 5.97 Å². The fourth-order valence-electron chi connectivity index (χ4n) is 5.45. The van der Waals surface area contributed by atoms with Crippen molar-refractivity contribution in [1.29, 1.82) is 0 Å². The van der Waals surface area contributed by atoms with Crippen LogP contribution in [0.15, 0.2) is 46.4 Å². The molecule has 0 saturated carbocycles. The third-order valence-electron chi connectivity index (χ3n) is 6.91. The Morgan fingerprint density at radius 1 is 1.18 bits per heavy atom. The van der Waals surface area contributed by atoms with E-state index < -0.39 is 29.8 Å². The molecule has 0 aromatic carbocycles. The van der Waals surface area contributed by atoms with Crippen molar-refractivity contribution in [3.8, 4) is 0 Å². The summed E-state index contributed by atoms with van der Waals surface area (Å²) in [5, 5.41) is 21.1. The minimum atomic E-state index is -1.02. The molecule has 1 saturated heterocycles. The quantitative estimate of drug-likeness (QED) is 0.578. The van der Waals surface area contributed by atoms with Crippen molar-refractivity contribution in [1.82, 2.24) is 4.90 Å². The first-order valence-corrected chi connectivity index (χ1v) is 11.8. The number of likely N-dealkylation sites (tertiary alicyclic amines) is 1. The van der Waals surface area contributed by atoms with E-state index >= 15 is 0 Å². The number of methoxy groups -OCH3 is 2. The number of amides is 1. The summed E-state index contributed by atoms with van der Waals surface area (Å²) in [4.78, 5) is 27.1. The van der Waals surface area contributed by atoms with Crippen LogP contribution in [0.1, 0.15) is 33.1 Å². The minimum absolute atomic E-state index is 0.0153. The molecular weight excluding hydrogens is 446 g/mol. The zero-order chi connectivity index (χ0) is 24.3. The number of ether oxygens (including phenoxy) is 2. The van der Waals surface area contributed by atoms with E-state index in [2.05, 4.69) is 13.8 Å². The molecule has 3 aliphatic rings. The minimum Gasteiger partial charge on any atom is -0.501 e. The third-order valence-corrected chi connectivity index (χ3v) is 7.32. The predicted molar refractivity (Wildman–Crippen MR) is 125 cm³/mol. The summed E-state index contributed by atoms with van der Waals surface area (Å²) >= 11 is 6.59. The average Bonchev–Trinajstić information content (AvgIpc) is 2.76. The lowest BCUT2D eigenvalue weighted by Crippen LogP contribution is -2.45. The van der Waals surface area contributed by atoms with E-state index in [0.29, 0.717) is 41.5 Å². The summed E-state index contributed by atoms with van der Waals surface area (Å²) in [6.07, 6.45) is 6.79. The highest BCUT2D eigenvalue weighted by molar-refractivity contribution is 6.30. The van der Waals surface area contributed by atoms with Crippen molar-refractivity contribution in [3.63, 3.8) is 0 Å². The van der Waals surface area contributed by atoms with Gasteiger partial charge in [0.15, 0.2) is 0 Å². The summed E-state index contributed by atoms with van der Waals surface area (Å²) in [6, 6.07) is 0. The molecule has 4 unspecified atom stereocenters. The molecule has 6 atom stereocenters. The van der Waals surface area contributed by atoms with Crippen LogP contribution in [-0.2, 0) is 19.1 Å². The van der Waals surface area contributed by atoms with Crippen molar-refractivity contribution in [2.75, 3.05) is 27.3 Å². The van der Waals surface area contributed by atoms with Gasteiger partial charge in [0.05, 0.1) is 26.2 Å². The molecule has 0 aromatic rings. The van der Waals surface area contributed by atoms with Gasteiger partial charge < -0.3 is 24.6 Å². The lowest BCUT2D eigenvalue weighted by molar-refractivity contribution is -0.136. The molecule has 7 nitrogen and oxygen atoms in total. The van der Waals surface area contributed by atoms with Crippen LogP contribution < -0.4 is 0 Å². The Morgan fingerprint density at radius 3 is 2.42 bits per heavy atom. The first kappa shape index (κ1) is 25.4. The highest BCUT2D eigenvalue weighted by atomic mass is 35.5. The zero-order valence-electron chi connectivity index (χ0n) is 19.7. The van der Waals surface area contributed by atoms with Crippen LogP contribution in [0.5, 0.6) is 0 Å². The van der Waals surface area contributed by atoms with Gasteiger partial charge in [0.25, 0.3) is 0 Å². The number of nitrogens with zero attached hydrogens (tertiary/aromatic N) is 1. The highest BCUT2D eigenvalue weighted by Gasteiger charge is 2.43. The first-order valence-electron chi connectivity index (χ1n) is 11.4. The van der Waals surface area contributed by atoms with Crippen molar-refractivity contribution in [2.24, 2.45) is 29.6 Å². The Hall–Kier alpha value is -2.25. The van der Waals surface area contributed by atoms with Gasteiger partial charge in [-0.25, -0.2) is 4.79 Å². The molecule has 0 spiro atoms. The Kier molecular flexibility index (Phi) is 8.29. The number of rotatable bonds is 7. The number of carboxylic acid groups (broad SMARTS) is 1. The monoisotopic (exact) mass is 479 g/mol. The molecule has 3 rings (SSSR count). The summed E-state index contributed by atoms with van der Waals surface area (Å²) in [5.41, 5.74) is 0.225. The summed E-state index contributed by atoms with van der Waals surface area (Å²) in [5.74, 6) is -0.731. The van der Waals surface area contributed by atoms with E-state index in [1.54, 1.807) is 18.2 Å². The molecule has 2 aliphatic carbocycles. The van der Waals surface area contributed by atoms with Crippen LogP contribution in [0.3, 0.4) is 0 Å². The average molecular weight is 480 g/mol. The summed E-state index contributed by atoms with van der Waals surface area (Å²) in [7, 11) is 3.02. The lowest BCUT2D eigenvalue weighted by Gasteiger charge is -2.40. The second-order valence-corrected chi connectivity index (χ2v) is 9.95. The van der Waals surface area contributed by atoms with Gasteiger partial charge in [0, 0.05) is 42.1 Å². The molecule has 0 aromatic heterocycles. The Labute approximate surface area is 200 Å². The zero-order valence-corrected chi connectivity index (χ0v) is 20.4. The normalized spacial score (nSPS) is 31.0. The van der Waals surface area contributed by atoms with Crippen LogP contribution in [0, 0.1) is 29.6 Å². The van der Waals surface area contributed by atoms with Crippen LogP contribution in [0.2, 0.25) is 0 Å². The summed E-state index contributed by atoms with van der Waals surface area (Å²) < 4.78 is 10.9. The molecule has 182 valence electrons. The number of carboxylic acids is 1. The van der Waals surface area contributed by atoms with Crippen molar-refractivity contribution < 1.29 is 29.3 Å². The fraction of sp³-hybridized carbons (Fsp3) is 0.600. The number of aliphatic hydroxyl groups is 1. The number of carbonyl (C=O) groups excluding carboxylic acids is 1. The number of hydrogen-bond donors (Lipinski definition) is 2. The fourth-order valence-corrected chi connectivity index (χ4v) is 5.75. The second-order valence-electron chi connectivity index (χ2n) is 9.51. The van der Waals surface area contributed by atoms with E-state index in [0.717, 1.165) is 6.42 Å². The maximum Gasteiger partial charge on any atom is 0.331 e. The number of halogens is 1. The van der Waals surface area contributed by atoms with Gasteiger partial charge in [0.1, 0.15) is 11.5 Å². The van der Waals surface area contributed by atoms with E-state index in [9.17, 15) is 19.8 Å². The van der Waals surface area contributed by atoms with E-state index in [1.165, 1.54) is 20.3 Å². The van der Waals surface area contributed by atoms with Gasteiger partial charge in [-0.2, -0.15) is 0 Å². The number of aliphatic hydroxyl groups excluding tert-OH is 1. The maximum atomic E-state index is 13.5. The van der Waals surface area contributed by atoms with Crippen LogP contribution in [-0.4, -0.2) is 60.4 Å². The van der Waals surface area contributed by atoms with E-state index in [-0.39, 0.29) is 24.3 Å².